The van der Waals surface area contributed by atoms with Gasteiger partial charge in [0.05, 0.1) is 7.11 Å². The molecule has 0 heterocycles. The van der Waals surface area contributed by atoms with Gasteiger partial charge in [0.1, 0.15) is 5.75 Å². The van der Waals surface area contributed by atoms with Gasteiger partial charge >= 0.3 is 5.97 Å². The van der Waals surface area contributed by atoms with E-state index in [1.807, 2.05) is 25.1 Å². The quantitative estimate of drug-likeness (QED) is 0.902. The Morgan fingerprint density at radius 3 is 2.81 bits per heavy atom. The van der Waals surface area contributed by atoms with Crippen LogP contribution < -0.4 is 4.74 Å². The summed E-state index contributed by atoms with van der Waals surface area (Å²) in [6, 6.07) is 5.77. The molecular formula is C12H15BrO3. The molecule has 3 nitrogen and oxygen atoms in total. The van der Waals surface area contributed by atoms with E-state index in [1.165, 1.54) is 0 Å². The van der Waals surface area contributed by atoms with Crippen molar-refractivity contribution in [3.8, 4) is 5.75 Å². The van der Waals surface area contributed by atoms with Gasteiger partial charge in [-0.05, 0) is 36.1 Å². The fourth-order valence-electron chi connectivity index (χ4n) is 1.59. The summed E-state index contributed by atoms with van der Waals surface area (Å²) >= 11 is 3.40. The van der Waals surface area contributed by atoms with Gasteiger partial charge in [0, 0.05) is 10.9 Å². The fraction of sp³-hybridized carbons (Fsp3) is 0.417. The lowest BCUT2D eigenvalue weighted by Crippen LogP contribution is -2.02. The molecule has 0 aliphatic carbocycles. The van der Waals surface area contributed by atoms with E-state index in [-0.39, 0.29) is 12.3 Å². The van der Waals surface area contributed by atoms with Crippen molar-refractivity contribution in [2.24, 2.45) is 0 Å². The molecule has 1 rings (SSSR count). The molecule has 0 fully saturated rings. The van der Waals surface area contributed by atoms with Crippen LogP contribution in [-0.2, 0) is 4.79 Å². The summed E-state index contributed by atoms with van der Waals surface area (Å²) in [6.07, 6.45) is 0.791. The van der Waals surface area contributed by atoms with Crippen molar-refractivity contribution in [2.45, 2.75) is 25.7 Å². The Morgan fingerprint density at radius 1 is 1.56 bits per heavy atom. The van der Waals surface area contributed by atoms with Crippen molar-refractivity contribution in [1.29, 1.82) is 0 Å². The van der Waals surface area contributed by atoms with Crippen molar-refractivity contribution in [3.63, 3.8) is 0 Å². The minimum absolute atomic E-state index is 0.170. The molecule has 0 amide bonds. The van der Waals surface area contributed by atoms with E-state index >= 15 is 0 Å². The molecule has 16 heavy (non-hydrogen) atoms. The van der Waals surface area contributed by atoms with E-state index in [9.17, 15) is 4.79 Å². The highest BCUT2D eigenvalue weighted by atomic mass is 79.9. The van der Waals surface area contributed by atoms with Gasteiger partial charge in [0.15, 0.2) is 0 Å². The molecule has 1 atom stereocenters. The van der Waals surface area contributed by atoms with Crippen molar-refractivity contribution in [2.75, 3.05) is 7.11 Å². The number of carboxylic acid groups (broad SMARTS) is 1. The van der Waals surface area contributed by atoms with E-state index in [0.717, 1.165) is 15.8 Å². The van der Waals surface area contributed by atoms with Crippen LogP contribution in [0, 0.1) is 0 Å². The van der Waals surface area contributed by atoms with Gasteiger partial charge in [0.2, 0.25) is 0 Å². The van der Waals surface area contributed by atoms with Crippen LogP contribution in [0.3, 0.4) is 0 Å². The molecule has 0 saturated carbocycles. The molecule has 0 bridgehead atoms. The zero-order valence-electron chi connectivity index (χ0n) is 9.37. The highest BCUT2D eigenvalue weighted by molar-refractivity contribution is 9.10. The van der Waals surface area contributed by atoms with Gasteiger partial charge in [-0.2, -0.15) is 0 Å². The zero-order chi connectivity index (χ0) is 12.1. The molecule has 88 valence electrons. The minimum atomic E-state index is -0.763. The molecule has 0 aliphatic heterocycles. The molecule has 1 aromatic rings. The molecule has 1 N–H and O–H groups in total. The first-order chi connectivity index (χ1) is 7.54. The third-order valence-corrected chi connectivity index (χ3v) is 3.01. The van der Waals surface area contributed by atoms with Gasteiger partial charge in [-0.3, -0.25) is 4.79 Å². The summed E-state index contributed by atoms with van der Waals surface area (Å²) in [5, 5.41) is 8.65. The number of benzene rings is 1. The topological polar surface area (TPSA) is 46.5 Å². The minimum Gasteiger partial charge on any atom is -0.496 e. The Balaban J connectivity index is 2.84. The van der Waals surface area contributed by atoms with Crippen LogP contribution in [0.25, 0.3) is 0 Å². The first kappa shape index (κ1) is 13.0. The highest BCUT2D eigenvalue weighted by Gasteiger charge is 2.13. The number of carbonyl (C=O) groups is 1. The number of hydrogen-bond donors (Lipinski definition) is 1. The second kappa shape index (κ2) is 5.89. The molecule has 0 radical (unpaired) electrons. The van der Waals surface area contributed by atoms with Crippen LogP contribution in [0.5, 0.6) is 5.75 Å². The normalized spacial score (nSPS) is 12.2. The maximum atomic E-state index is 10.5. The van der Waals surface area contributed by atoms with Crippen LogP contribution >= 0.6 is 15.9 Å². The van der Waals surface area contributed by atoms with Gasteiger partial charge in [-0.25, -0.2) is 0 Å². The van der Waals surface area contributed by atoms with E-state index < -0.39 is 5.97 Å². The summed E-state index contributed by atoms with van der Waals surface area (Å²) in [5.74, 6) is 0.213. The van der Waals surface area contributed by atoms with E-state index in [1.54, 1.807) is 7.11 Å². The van der Waals surface area contributed by atoms with Crippen LogP contribution in [-0.4, -0.2) is 18.2 Å². The predicted molar refractivity (Wildman–Crippen MR) is 66.0 cm³/mol. The largest absolute Gasteiger partial charge is 0.496 e. The molecule has 0 aliphatic rings. The standard InChI is InChI=1S/C12H15BrO3/c1-8(3-6-12(14)15)10-7-9(13)4-5-11(10)16-2/h4-5,7-8H,3,6H2,1-2H3,(H,14,15). The lowest BCUT2D eigenvalue weighted by molar-refractivity contribution is -0.137. The zero-order valence-corrected chi connectivity index (χ0v) is 11.0. The summed E-state index contributed by atoms with van der Waals surface area (Å²) in [4.78, 5) is 10.5. The van der Waals surface area contributed by atoms with Crippen molar-refractivity contribution < 1.29 is 14.6 Å². The van der Waals surface area contributed by atoms with Crippen LogP contribution in [0.1, 0.15) is 31.2 Å². The highest BCUT2D eigenvalue weighted by Crippen LogP contribution is 2.31. The molecule has 4 heteroatoms. The van der Waals surface area contributed by atoms with Gasteiger partial charge in [0.25, 0.3) is 0 Å². The summed E-state index contributed by atoms with van der Waals surface area (Å²) < 4.78 is 6.24. The SMILES string of the molecule is COc1ccc(Br)cc1C(C)CCC(=O)O. The average molecular weight is 287 g/mol. The Bertz CT molecular complexity index is 377. The third kappa shape index (κ3) is 3.52. The number of carboxylic acids is 1. The van der Waals surface area contributed by atoms with Gasteiger partial charge in [-0.15, -0.1) is 0 Å². The maximum absolute atomic E-state index is 10.5. The molecule has 1 unspecified atom stereocenters. The average Bonchev–Trinajstić information content (AvgIpc) is 2.25. The fourth-order valence-corrected chi connectivity index (χ4v) is 1.96. The monoisotopic (exact) mass is 286 g/mol. The van der Waals surface area contributed by atoms with Crippen molar-refractivity contribution in [3.05, 3.63) is 28.2 Å². The first-order valence-electron chi connectivity index (χ1n) is 5.09. The van der Waals surface area contributed by atoms with Crippen molar-refractivity contribution >= 4 is 21.9 Å². The predicted octanol–water partition coefficient (Wildman–Crippen LogP) is 3.43. The van der Waals surface area contributed by atoms with Gasteiger partial charge in [-0.1, -0.05) is 22.9 Å². The lowest BCUT2D eigenvalue weighted by Gasteiger charge is -2.15. The Kier molecular flexibility index (Phi) is 4.80. The number of aliphatic carboxylic acids is 1. The lowest BCUT2D eigenvalue weighted by atomic mass is 9.95. The third-order valence-electron chi connectivity index (χ3n) is 2.51. The van der Waals surface area contributed by atoms with Crippen LogP contribution in [0.15, 0.2) is 22.7 Å². The Morgan fingerprint density at radius 2 is 2.25 bits per heavy atom. The smallest absolute Gasteiger partial charge is 0.303 e. The second-order valence-corrected chi connectivity index (χ2v) is 4.64. The Labute approximate surface area is 104 Å². The second-order valence-electron chi connectivity index (χ2n) is 3.72. The first-order valence-corrected chi connectivity index (χ1v) is 5.89. The summed E-state index contributed by atoms with van der Waals surface area (Å²) in [7, 11) is 1.62. The number of ether oxygens (including phenoxy) is 1. The van der Waals surface area contributed by atoms with Crippen molar-refractivity contribution in [1.82, 2.24) is 0 Å². The molecule has 1 aromatic carbocycles. The summed E-state index contributed by atoms with van der Waals surface area (Å²) in [6.45, 7) is 2.01. The van der Waals surface area contributed by atoms with E-state index in [0.29, 0.717) is 6.42 Å². The number of halogens is 1. The van der Waals surface area contributed by atoms with E-state index in [4.69, 9.17) is 9.84 Å². The van der Waals surface area contributed by atoms with Crippen LogP contribution in [0.2, 0.25) is 0 Å². The van der Waals surface area contributed by atoms with Gasteiger partial charge < -0.3 is 9.84 Å². The summed E-state index contributed by atoms with van der Waals surface area (Å²) in [5.41, 5.74) is 1.04. The molecular weight excluding hydrogens is 272 g/mol. The molecule has 0 spiro atoms. The van der Waals surface area contributed by atoms with E-state index in [2.05, 4.69) is 15.9 Å². The number of methoxy groups -OCH3 is 1. The molecule has 0 saturated heterocycles. The Hall–Kier alpha value is -1.03. The number of hydrogen-bond acceptors (Lipinski definition) is 2. The maximum Gasteiger partial charge on any atom is 0.303 e. The number of rotatable bonds is 5. The molecule has 0 aromatic heterocycles. The van der Waals surface area contributed by atoms with Crippen LogP contribution in [0.4, 0.5) is 0 Å².